The molecule has 3 aromatic heterocycles. The van der Waals surface area contributed by atoms with Crippen LogP contribution < -0.4 is 19.6 Å². The molecular formula is C33H34N4O4S2. The van der Waals surface area contributed by atoms with Crippen LogP contribution in [0.5, 0.6) is 5.75 Å². The number of benzene rings is 1. The Morgan fingerprint density at radius 2 is 1.93 bits per heavy atom. The molecular weight excluding hydrogens is 581 g/mol. The van der Waals surface area contributed by atoms with Gasteiger partial charge in [-0.2, -0.15) is 5.26 Å². The molecule has 1 atom stereocenters. The number of thiophene rings is 1. The largest absolute Gasteiger partial charge is 0.497 e. The van der Waals surface area contributed by atoms with Gasteiger partial charge in [0, 0.05) is 16.3 Å². The van der Waals surface area contributed by atoms with Crippen molar-refractivity contribution in [1.29, 1.82) is 5.26 Å². The molecule has 10 heteroatoms. The second-order valence-corrected chi connectivity index (χ2v) is 12.6. The van der Waals surface area contributed by atoms with E-state index in [-0.39, 0.29) is 12.2 Å². The molecule has 0 radical (unpaired) electrons. The maximum Gasteiger partial charge on any atom is 0.338 e. The fourth-order valence-electron chi connectivity index (χ4n) is 5.53. The molecule has 4 aromatic rings. The molecule has 5 rings (SSSR count). The minimum absolute atomic E-state index is 0.212. The van der Waals surface area contributed by atoms with Gasteiger partial charge in [-0.1, -0.05) is 36.8 Å². The zero-order valence-electron chi connectivity index (χ0n) is 25.4. The minimum Gasteiger partial charge on any atom is -0.497 e. The van der Waals surface area contributed by atoms with E-state index in [0.29, 0.717) is 38.3 Å². The number of hydrogen-bond acceptors (Lipinski definition) is 8. The summed E-state index contributed by atoms with van der Waals surface area (Å²) < 4.78 is 15.2. The molecule has 0 spiro atoms. The number of carbonyl (C=O) groups excluding carboxylic acids is 1. The van der Waals surface area contributed by atoms with Crippen molar-refractivity contribution in [3.8, 4) is 16.8 Å². The Bertz CT molecular complexity index is 2000. The molecule has 1 aliphatic heterocycles. The smallest absolute Gasteiger partial charge is 0.338 e. The Hall–Kier alpha value is -4.20. The Morgan fingerprint density at radius 1 is 1.16 bits per heavy atom. The van der Waals surface area contributed by atoms with Crippen LogP contribution >= 0.6 is 22.7 Å². The van der Waals surface area contributed by atoms with Gasteiger partial charge in [0.15, 0.2) is 4.80 Å². The maximum absolute atomic E-state index is 14.2. The molecule has 0 bridgehead atoms. The zero-order valence-corrected chi connectivity index (χ0v) is 27.0. The monoisotopic (exact) mass is 614 g/mol. The first kappa shape index (κ1) is 30.3. The highest BCUT2D eigenvalue weighted by atomic mass is 32.1. The van der Waals surface area contributed by atoms with Gasteiger partial charge in [0.1, 0.15) is 16.8 Å². The molecule has 1 aromatic carbocycles. The predicted octanol–water partition coefficient (Wildman–Crippen LogP) is 5.54. The highest BCUT2D eigenvalue weighted by Gasteiger charge is 2.34. The highest BCUT2D eigenvalue weighted by molar-refractivity contribution is 7.15. The molecule has 43 heavy (non-hydrogen) atoms. The van der Waals surface area contributed by atoms with Crippen molar-refractivity contribution in [1.82, 2.24) is 9.13 Å². The number of ether oxygens (including phenoxy) is 2. The van der Waals surface area contributed by atoms with Crippen molar-refractivity contribution in [3.05, 3.63) is 99.8 Å². The number of hydrogen-bond donors (Lipinski definition) is 0. The summed E-state index contributed by atoms with van der Waals surface area (Å²) in [7, 11) is 1.59. The quantitative estimate of drug-likeness (QED) is 0.243. The summed E-state index contributed by atoms with van der Waals surface area (Å²) >= 11 is 2.90. The van der Waals surface area contributed by atoms with E-state index in [9.17, 15) is 14.9 Å². The Morgan fingerprint density at radius 3 is 2.60 bits per heavy atom. The molecule has 1 aliphatic rings. The number of aryl methyl sites for hydroxylation is 2. The molecule has 4 heterocycles. The summed E-state index contributed by atoms with van der Waals surface area (Å²) in [6.07, 6.45) is 3.24. The normalized spacial score (nSPS) is 14.8. The highest BCUT2D eigenvalue weighted by Crippen LogP contribution is 2.35. The predicted molar refractivity (Wildman–Crippen MR) is 170 cm³/mol. The molecule has 0 saturated heterocycles. The number of thiazole rings is 1. The SMILES string of the molecule is CCCC1=C(C(=O)OCC)[C@H](c2cccc(OC)c2)n2c(s/c(=C/c3cc(C)n(-c4sc(C)c(C)c4C#N)c3C)c2=O)=N1. The summed E-state index contributed by atoms with van der Waals surface area (Å²) in [6.45, 7) is 12.0. The van der Waals surface area contributed by atoms with Crippen LogP contribution in [0.2, 0.25) is 0 Å². The van der Waals surface area contributed by atoms with Gasteiger partial charge >= 0.3 is 5.97 Å². The van der Waals surface area contributed by atoms with E-state index in [4.69, 9.17) is 14.5 Å². The van der Waals surface area contributed by atoms with E-state index in [0.717, 1.165) is 44.4 Å². The number of nitrogens with zero attached hydrogens (tertiary/aromatic N) is 4. The van der Waals surface area contributed by atoms with Gasteiger partial charge in [-0.15, -0.1) is 11.3 Å². The first-order valence-electron chi connectivity index (χ1n) is 14.2. The lowest BCUT2D eigenvalue weighted by atomic mass is 9.94. The van der Waals surface area contributed by atoms with Crippen molar-refractivity contribution >= 4 is 34.7 Å². The average molecular weight is 615 g/mol. The fourth-order valence-corrected chi connectivity index (χ4v) is 7.76. The van der Waals surface area contributed by atoms with Crippen molar-refractivity contribution in [2.75, 3.05) is 13.7 Å². The molecule has 8 nitrogen and oxygen atoms in total. The second-order valence-electron chi connectivity index (χ2n) is 10.4. The van der Waals surface area contributed by atoms with Crippen LogP contribution in [-0.4, -0.2) is 28.8 Å². The number of aromatic nitrogens is 2. The van der Waals surface area contributed by atoms with Gasteiger partial charge in [0.2, 0.25) is 0 Å². The zero-order chi connectivity index (χ0) is 31.0. The van der Waals surface area contributed by atoms with Crippen molar-refractivity contribution in [2.24, 2.45) is 4.99 Å². The van der Waals surface area contributed by atoms with Crippen molar-refractivity contribution in [3.63, 3.8) is 0 Å². The Labute approximate surface area is 258 Å². The summed E-state index contributed by atoms with van der Waals surface area (Å²) in [5, 5.41) is 10.8. The lowest BCUT2D eigenvalue weighted by molar-refractivity contribution is -0.139. The number of allylic oxidation sites excluding steroid dienone is 1. The molecule has 0 aliphatic carbocycles. The van der Waals surface area contributed by atoms with Crippen molar-refractivity contribution in [2.45, 2.75) is 60.4 Å². The fraction of sp³-hybridized carbons (Fsp3) is 0.333. The number of esters is 1. The third kappa shape index (κ3) is 5.28. The first-order valence-corrected chi connectivity index (χ1v) is 15.8. The van der Waals surface area contributed by atoms with Gasteiger partial charge in [-0.05, 0) is 82.0 Å². The number of carbonyl (C=O) groups is 1. The lowest BCUT2D eigenvalue weighted by Crippen LogP contribution is -2.40. The summed E-state index contributed by atoms with van der Waals surface area (Å²) in [5.74, 6) is 0.148. The van der Waals surface area contributed by atoms with Gasteiger partial charge < -0.3 is 14.0 Å². The van der Waals surface area contributed by atoms with Crippen LogP contribution in [0.15, 0.2) is 51.4 Å². The number of methoxy groups -OCH3 is 1. The van der Waals surface area contributed by atoms with Crippen molar-refractivity contribution < 1.29 is 14.3 Å². The summed E-state index contributed by atoms with van der Waals surface area (Å²) in [5.41, 5.74) is 5.96. The summed E-state index contributed by atoms with van der Waals surface area (Å²) in [4.78, 5) is 34.1. The van der Waals surface area contributed by atoms with E-state index >= 15 is 0 Å². The van der Waals surface area contributed by atoms with Gasteiger partial charge in [-0.25, -0.2) is 9.79 Å². The number of rotatable bonds is 8. The van der Waals surface area contributed by atoms with Crippen LogP contribution in [0.25, 0.3) is 11.1 Å². The summed E-state index contributed by atoms with van der Waals surface area (Å²) in [6, 6.07) is 11.1. The molecule has 222 valence electrons. The molecule has 0 saturated carbocycles. The van der Waals surface area contributed by atoms with Crippen LogP contribution in [0.3, 0.4) is 0 Å². The van der Waals surface area contributed by atoms with E-state index in [1.807, 2.05) is 71.0 Å². The minimum atomic E-state index is -0.711. The molecule has 0 amide bonds. The topological polar surface area (TPSA) is 98.6 Å². The number of fused-ring (bicyclic) bond motifs is 1. The maximum atomic E-state index is 14.2. The van der Waals surface area contributed by atoms with Gasteiger partial charge in [0.05, 0.1) is 41.1 Å². The van der Waals surface area contributed by atoms with E-state index < -0.39 is 12.0 Å². The third-order valence-corrected chi connectivity index (χ3v) is 9.92. The van der Waals surface area contributed by atoms with E-state index in [2.05, 4.69) is 10.6 Å². The second kappa shape index (κ2) is 12.2. The molecule has 0 N–H and O–H groups in total. The Balaban J connectivity index is 1.74. The lowest BCUT2D eigenvalue weighted by Gasteiger charge is -2.26. The van der Waals surface area contributed by atoms with Gasteiger partial charge in [-0.3, -0.25) is 9.36 Å². The number of nitriles is 1. The van der Waals surface area contributed by atoms with E-state index in [1.54, 1.807) is 29.9 Å². The molecule has 0 unspecified atom stereocenters. The average Bonchev–Trinajstić information content (AvgIpc) is 3.56. The van der Waals surface area contributed by atoms with Crippen LogP contribution in [-0.2, 0) is 9.53 Å². The van der Waals surface area contributed by atoms with Crippen LogP contribution in [0.1, 0.15) is 71.2 Å². The third-order valence-electron chi connectivity index (χ3n) is 7.74. The van der Waals surface area contributed by atoms with E-state index in [1.165, 1.54) is 11.3 Å². The van der Waals surface area contributed by atoms with Crippen LogP contribution in [0, 0.1) is 39.0 Å². The van der Waals surface area contributed by atoms with Gasteiger partial charge in [0.25, 0.3) is 5.56 Å². The Kier molecular flexibility index (Phi) is 8.58. The van der Waals surface area contributed by atoms with Crippen LogP contribution in [0.4, 0.5) is 0 Å². The standard InChI is InChI=1S/C33H34N4O4S2/c1-8-11-26-28(32(39)41-9-2)29(22-12-10-13-24(15-22)40-7)37-30(38)27(43-33(37)35-26)16-23-14-18(3)36(20(23)5)31-25(17-34)19(4)21(6)42-31/h10,12-16,29H,8-9,11H2,1-7H3/b27-16+/t29-/m0/s1. The molecule has 0 fully saturated rings. The first-order chi connectivity index (χ1) is 20.6.